The highest BCUT2D eigenvalue weighted by Gasteiger charge is 2.05. The first-order valence-corrected chi connectivity index (χ1v) is 5.75. The van der Waals surface area contributed by atoms with Crippen molar-refractivity contribution in [1.82, 2.24) is 0 Å². The minimum atomic E-state index is -0.407. The zero-order valence-corrected chi connectivity index (χ0v) is 10.7. The van der Waals surface area contributed by atoms with Gasteiger partial charge in [0.1, 0.15) is 11.5 Å². The second kappa shape index (κ2) is 5.19. The Morgan fingerprint density at radius 1 is 1.00 bits per heavy atom. The Hall–Kier alpha value is -1.55. The van der Waals surface area contributed by atoms with Crippen LogP contribution < -0.4 is 9.47 Å². The minimum Gasteiger partial charge on any atom is -0.497 e. The maximum absolute atomic E-state index is 13.5. The normalized spacial score (nSPS) is 10.1. The van der Waals surface area contributed by atoms with E-state index in [9.17, 15) is 4.39 Å². The molecule has 0 atom stereocenters. The average Bonchev–Trinajstić information content (AvgIpc) is 2.34. The quantitative estimate of drug-likeness (QED) is 0.836. The third kappa shape index (κ3) is 2.97. The van der Waals surface area contributed by atoms with Crippen LogP contribution in [-0.2, 0) is 0 Å². The maximum atomic E-state index is 13.5. The summed E-state index contributed by atoms with van der Waals surface area (Å²) in [5, 5.41) is 0. The molecule has 0 aliphatic carbocycles. The van der Waals surface area contributed by atoms with Crippen LogP contribution in [0.4, 0.5) is 4.39 Å². The van der Waals surface area contributed by atoms with Gasteiger partial charge in [-0.05, 0) is 42.5 Å². The highest BCUT2D eigenvalue weighted by atomic mass is 79.9. The van der Waals surface area contributed by atoms with Gasteiger partial charge in [-0.25, -0.2) is 4.39 Å². The number of methoxy groups -OCH3 is 1. The Labute approximate surface area is 107 Å². The zero-order chi connectivity index (χ0) is 12.3. The highest BCUT2D eigenvalue weighted by Crippen LogP contribution is 2.27. The molecule has 0 N–H and O–H groups in total. The molecule has 2 aromatic rings. The molecule has 0 fully saturated rings. The fourth-order valence-electron chi connectivity index (χ4n) is 1.33. The van der Waals surface area contributed by atoms with Crippen LogP contribution in [0, 0.1) is 5.82 Å². The lowest BCUT2D eigenvalue weighted by Gasteiger charge is -2.07. The second-order valence-electron chi connectivity index (χ2n) is 3.35. The Bertz CT molecular complexity index is 511. The van der Waals surface area contributed by atoms with Crippen LogP contribution >= 0.6 is 15.9 Å². The molecule has 0 spiro atoms. The number of benzene rings is 2. The predicted molar refractivity (Wildman–Crippen MR) is 67.2 cm³/mol. The molecule has 0 saturated carbocycles. The van der Waals surface area contributed by atoms with Crippen molar-refractivity contribution in [3.8, 4) is 17.2 Å². The van der Waals surface area contributed by atoms with E-state index in [2.05, 4.69) is 15.9 Å². The third-order valence-corrected chi connectivity index (χ3v) is 2.67. The smallest absolute Gasteiger partial charge is 0.166 e. The summed E-state index contributed by atoms with van der Waals surface area (Å²) in [5.41, 5.74) is 0. The Morgan fingerprint density at radius 2 is 1.65 bits per heavy atom. The summed E-state index contributed by atoms with van der Waals surface area (Å²) in [6, 6.07) is 11.6. The molecule has 2 nitrogen and oxygen atoms in total. The number of hydrogen-bond donors (Lipinski definition) is 0. The van der Waals surface area contributed by atoms with Crippen molar-refractivity contribution >= 4 is 15.9 Å². The molecule has 2 aromatic carbocycles. The first-order valence-electron chi connectivity index (χ1n) is 4.96. The first-order chi connectivity index (χ1) is 8.19. The maximum Gasteiger partial charge on any atom is 0.166 e. The van der Waals surface area contributed by atoms with Gasteiger partial charge in [-0.2, -0.15) is 0 Å². The Kier molecular flexibility index (Phi) is 3.64. The molecular weight excluding hydrogens is 287 g/mol. The predicted octanol–water partition coefficient (Wildman–Crippen LogP) is 4.39. The van der Waals surface area contributed by atoms with E-state index in [0.29, 0.717) is 10.2 Å². The number of rotatable bonds is 3. The summed E-state index contributed by atoms with van der Waals surface area (Å²) < 4.78 is 24.6. The van der Waals surface area contributed by atoms with Crippen LogP contribution in [0.2, 0.25) is 0 Å². The molecule has 0 unspecified atom stereocenters. The Balaban J connectivity index is 2.19. The van der Waals surface area contributed by atoms with E-state index in [4.69, 9.17) is 9.47 Å². The molecule has 0 amide bonds. The van der Waals surface area contributed by atoms with Gasteiger partial charge in [0, 0.05) is 4.47 Å². The molecule has 0 aromatic heterocycles. The standard InChI is InChI=1S/C13H10BrFO2/c1-16-10-3-5-11(6-4-10)17-13-7-2-9(14)8-12(13)15/h2-8H,1H3. The van der Waals surface area contributed by atoms with Gasteiger partial charge in [0.2, 0.25) is 0 Å². The van der Waals surface area contributed by atoms with E-state index in [0.717, 1.165) is 5.75 Å². The van der Waals surface area contributed by atoms with Gasteiger partial charge >= 0.3 is 0 Å². The third-order valence-electron chi connectivity index (χ3n) is 2.18. The molecule has 0 bridgehead atoms. The van der Waals surface area contributed by atoms with Crippen molar-refractivity contribution in [2.24, 2.45) is 0 Å². The molecule has 4 heteroatoms. The number of ether oxygens (including phenoxy) is 2. The van der Waals surface area contributed by atoms with Gasteiger partial charge in [0.25, 0.3) is 0 Å². The van der Waals surface area contributed by atoms with Crippen molar-refractivity contribution in [1.29, 1.82) is 0 Å². The van der Waals surface area contributed by atoms with Crippen LogP contribution in [0.3, 0.4) is 0 Å². The summed E-state index contributed by atoms with van der Waals surface area (Å²) in [5.74, 6) is 1.08. The zero-order valence-electron chi connectivity index (χ0n) is 9.11. The molecule has 2 rings (SSSR count). The molecular formula is C13H10BrFO2. The Morgan fingerprint density at radius 3 is 2.24 bits per heavy atom. The van der Waals surface area contributed by atoms with Crippen molar-refractivity contribution in [2.75, 3.05) is 7.11 Å². The lowest BCUT2D eigenvalue weighted by atomic mass is 10.3. The van der Waals surface area contributed by atoms with Crippen molar-refractivity contribution in [3.05, 3.63) is 52.8 Å². The van der Waals surface area contributed by atoms with Gasteiger partial charge in [-0.3, -0.25) is 0 Å². The largest absolute Gasteiger partial charge is 0.497 e. The van der Waals surface area contributed by atoms with Gasteiger partial charge in [-0.15, -0.1) is 0 Å². The second-order valence-corrected chi connectivity index (χ2v) is 4.27. The molecule has 0 saturated heterocycles. The minimum absolute atomic E-state index is 0.193. The van der Waals surface area contributed by atoms with Crippen molar-refractivity contribution in [2.45, 2.75) is 0 Å². The van der Waals surface area contributed by atoms with Crippen LogP contribution in [0.15, 0.2) is 46.9 Å². The van der Waals surface area contributed by atoms with Crippen LogP contribution in [0.1, 0.15) is 0 Å². The van der Waals surface area contributed by atoms with E-state index in [1.54, 1.807) is 43.5 Å². The SMILES string of the molecule is COc1ccc(Oc2ccc(Br)cc2F)cc1. The van der Waals surface area contributed by atoms with E-state index in [1.807, 2.05) is 0 Å². The molecule has 0 heterocycles. The average molecular weight is 297 g/mol. The van der Waals surface area contributed by atoms with E-state index >= 15 is 0 Å². The van der Waals surface area contributed by atoms with E-state index < -0.39 is 5.82 Å². The fraction of sp³-hybridized carbons (Fsp3) is 0.0769. The molecule has 0 radical (unpaired) electrons. The van der Waals surface area contributed by atoms with Crippen LogP contribution in [-0.4, -0.2) is 7.11 Å². The topological polar surface area (TPSA) is 18.5 Å². The summed E-state index contributed by atoms with van der Waals surface area (Å²) in [6.45, 7) is 0. The van der Waals surface area contributed by atoms with Crippen molar-refractivity contribution < 1.29 is 13.9 Å². The molecule has 17 heavy (non-hydrogen) atoms. The number of halogens is 2. The summed E-state index contributed by atoms with van der Waals surface area (Å²) in [6.07, 6.45) is 0. The lowest BCUT2D eigenvalue weighted by Crippen LogP contribution is -1.88. The molecule has 88 valence electrons. The van der Waals surface area contributed by atoms with E-state index in [-0.39, 0.29) is 5.75 Å². The van der Waals surface area contributed by atoms with Crippen molar-refractivity contribution in [3.63, 3.8) is 0 Å². The van der Waals surface area contributed by atoms with Gasteiger partial charge in [-0.1, -0.05) is 15.9 Å². The first kappa shape index (κ1) is 11.9. The summed E-state index contributed by atoms with van der Waals surface area (Å²) in [7, 11) is 1.59. The lowest BCUT2D eigenvalue weighted by molar-refractivity contribution is 0.411. The van der Waals surface area contributed by atoms with Crippen LogP contribution in [0.25, 0.3) is 0 Å². The highest BCUT2D eigenvalue weighted by molar-refractivity contribution is 9.10. The molecule has 0 aliphatic heterocycles. The van der Waals surface area contributed by atoms with Crippen LogP contribution in [0.5, 0.6) is 17.2 Å². The number of hydrogen-bond acceptors (Lipinski definition) is 2. The summed E-state index contributed by atoms with van der Waals surface area (Å²) >= 11 is 3.19. The van der Waals surface area contributed by atoms with Gasteiger partial charge in [0.15, 0.2) is 11.6 Å². The monoisotopic (exact) mass is 296 g/mol. The van der Waals surface area contributed by atoms with E-state index in [1.165, 1.54) is 6.07 Å². The van der Waals surface area contributed by atoms with Gasteiger partial charge in [0.05, 0.1) is 7.11 Å². The molecule has 0 aliphatic rings. The fourth-order valence-corrected chi connectivity index (χ4v) is 1.66. The summed E-state index contributed by atoms with van der Waals surface area (Å²) in [4.78, 5) is 0. The van der Waals surface area contributed by atoms with Gasteiger partial charge < -0.3 is 9.47 Å².